The van der Waals surface area contributed by atoms with Crippen LogP contribution >= 0.6 is 15.9 Å². The number of carbonyl (C=O) groups is 1. The fourth-order valence-electron chi connectivity index (χ4n) is 0.886. The second kappa shape index (κ2) is 5.45. The van der Waals surface area contributed by atoms with Gasteiger partial charge in [0.05, 0.1) is 11.3 Å². The molecular weight excluding hydrogens is 282 g/mol. The Morgan fingerprint density at radius 2 is 1.76 bits per heavy atom. The highest BCUT2D eigenvalue weighted by Gasteiger charge is 2.16. The summed E-state index contributed by atoms with van der Waals surface area (Å²) in [5.74, 6) is -0.443. The molecule has 0 saturated carbocycles. The summed E-state index contributed by atoms with van der Waals surface area (Å²) >= 11 is 3.30. The van der Waals surface area contributed by atoms with E-state index in [0.29, 0.717) is 5.56 Å². The Balaban J connectivity index is 2.71. The van der Waals surface area contributed by atoms with E-state index in [4.69, 9.17) is 4.84 Å². The van der Waals surface area contributed by atoms with Crippen LogP contribution in [-0.4, -0.2) is 11.7 Å². The predicted octanol–water partition coefficient (Wildman–Crippen LogP) is 4.03. The lowest BCUT2D eigenvalue weighted by molar-refractivity contribution is 0.0512. The third kappa shape index (κ3) is 4.30. The lowest BCUT2D eigenvalue weighted by Gasteiger charge is -2.16. The highest BCUT2D eigenvalue weighted by atomic mass is 79.9. The zero-order valence-corrected chi connectivity index (χ0v) is 12.0. The molecule has 0 saturated heterocycles. The fraction of sp³-hybridized carbons (Fsp3) is 0.385. The average Bonchev–Trinajstić information content (AvgIpc) is 2.25. The maximum absolute atomic E-state index is 11.6. The zero-order valence-electron chi connectivity index (χ0n) is 10.5. The van der Waals surface area contributed by atoms with E-state index in [2.05, 4.69) is 21.1 Å². The lowest BCUT2D eigenvalue weighted by Crippen LogP contribution is -2.17. The summed E-state index contributed by atoms with van der Waals surface area (Å²) in [4.78, 5) is 16.5. The highest BCUT2D eigenvalue weighted by Crippen LogP contribution is 2.16. The second-order valence-corrected chi connectivity index (χ2v) is 5.73. The number of nitrogens with zero attached hydrogens (tertiary/aromatic N) is 1. The number of halogens is 1. The van der Waals surface area contributed by atoms with Gasteiger partial charge in [0.2, 0.25) is 0 Å². The molecule has 92 valence electrons. The molecule has 0 bridgehead atoms. The first kappa shape index (κ1) is 13.9. The van der Waals surface area contributed by atoms with Crippen molar-refractivity contribution in [1.82, 2.24) is 0 Å². The summed E-state index contributed by atoms with van der Waals surface area (Å²) in [6, 6.07) is 6.95. The molecule has 0 atom stereocenters. The smallest absolute Gasteiger partial charge is 0.313 e. The van der Waals surface area contributed by atoms with Crippen molar-refractivity contribution < 1.29 is 9.63 Å². The van der Waals surface area contributed by atoms with Gasteiger partial charge in [-0.2, -0.15) is 0 Å². The van der Waals surface area contributed by atoms with Gasteiger partial charge in [0.25, 0.3) is 0 Å². The van der Waals surface area contributed by atoms with Gasteiger partial charge >= 0.3 is 5.97 Å². The summed E-state index contributed by atoms with van der Waals surface area (Å²) in [7, 11) is 0. The fourth-order valence-corrected chi connectivity index (χ4v) is 1.15. The predicted molar refractivity (Wildman–Crippen MR) is 72.1 cm³/mol. The van der Waals surface area contributed by atoms with E-state index >= 15 is 0 Å². The normalized spacial score (nSPS) is 12.4. The van der Waals surface area contributed by atoms with Gasteiger partial charge in [-0.15, -0.1) is 0 Å². The third-order valence-electron chi connectivity index (χ3n) is 2.43. The Hall–Kier alpha value is -1.16. The number of benzene rings is 1. The van der Waals surface area contributed by atoms with Gasteiger partial charge < -0.3 is 4.84 Å². The number of oxime groups is 1. The number of hydrogen-bond acceptors (Lipinski definition) is 3. The van der Waals surface area contributed by atoms with Gasteiger partial charge in [-0.3, -0.25) is 0 Å². The van der Waals surface area contributed by atoms with Gasteiger partial charge in [-0.25, -0.2) is 4.79 Å². The monoisotopic (exact) mass is 297 g/mol. The largest absolute Gasteiger partial charge is 0.365 e. The summed E-state index contributed by atoms with van der Waals surface area (Å²) in [5.41, 5.74) is 1.17. The zero-order chi connectivity index (χ0) is 13.1. The molecule has 4 heteroatoms. The maximum Gasteiger partial charge on any atom is 0.365 e. The molecule has 0 spiro atoms. The Morgan fingerprint density at radius 3 is 2.24 bits per heavy atom. The third-order valence-corrected chi connectivity index (χ3v) is 2.96. The van der Waals surface area contributed by atoms with Crippen molar-refractivity contribution in [2.24, 2.45) is 10.6 Å². The first-order valence-corrected chi connectivity index (χ1v) is 6.12. The second-order valence-electron chi connectivity index (χ2n) is 4.81. The highest BCUT2D eigenvalue weighted by molar-refractivity contribution is 9.10. The van der Waals surface area contributed by atoms with Crippen LogP contribution in [0.1, 0.15) is 38.1 Å². The van der Waals surface area contributed by atoms with E-state index in [-0.39, 0.29) is 5.41 Å². The minimum Gasteiger partial charge on any atom is -0.313 e. The molecule has 0 aliphatic heterocycles. The van der Waals surface area contributed by atoms with Crippen molar-refractivity contribution in [3.63, 3.8) is 0 Å². The lowest BCUT2D eigenvalue weighted by atomic mass is 9.91. The van der Waals surface area contributed by atoms with Crippen molar-refractivity contribution >= 4 is 27.6 Å². The molecule has 0 radical (unpaired) electrons. The molecule has 1 aromatic rings. The molecule has 0 N–H and O–H groups in total. The molecule has 17 heavy (non-hydrogen) atoms. The van der Waals surface area contributed by atoms with E-state index in [1.54, 1.807) is 24.3 Å². The molecule has 0 fully saturated rings. The standard InChI is InChI=1S/C13H16BrNO2/c1-9(13(2,3)4)15-17-12(16)10-5-7-11(14)8-6-10/h5-8H,1-4H3. The van der Waals surface area contributed by atoms with E-state index < -0.39 is 5.97 Å². The first-order valence-electron chi connectivity index (χ1n) is 5.32. The van der Waals surface area contributed by atoms with Gasteiger partial charge in [0.15, 0.2) is 0 Å². The Bertz CT molecular complexity index is 430. The first-order chi connectivity index (χ1) is 7.80. The average molecular weight is 298 g/mol. The topological polar surface area (TPSA) is 38.7 Å². The van der Waals surface area contributed by atoms with Crippen LogP contribution in [-0.2, 0) is 4.84 Å². The molecule has 3 nitrogen and oxygen atoms in total. The van der Waals surface area contributed by atoms with Gasteiger partial charge in [-0.1, -0.05) is 41.9 Å². The van der Waals surface area contributed by atoms with E-state index in [1.165, 1.54) is 0 Å². The molecule has 0 aromatic heterocycles. The van der Waals surface area contributed by atoms with E-state index in [1.807, 2.05) is 27.7 Å². The Kier molecular flexibility index (Phi) is 4.46. The van der Waals surface area contributed by atoms with Crippen molar-refractivity contribution in [2.45, 2.75) is 27.7 Å². The molecule has 1 rings (SSSR count). The molecular formula is C13H16BrNO2. The van der Waals surface area contributed by atoms with E-state index in [0.717, 1.165) is 10.2 Å². The Morgan fingerprint density at radius 1 is 1.24 bits per heavy atom. The molecule has 0 aliphatic carbocycles. The van der Waals surface area contributed by atoms with Gasteiger partial charge in [-0.05, 0) is 31.2 Å². The minimum atomic E-state index is -0.443. The maximum atomic E-state index is 11.6. The number of hydrogen-bond donors (Lipinski definition) is 0. The van der Waals surface area contributed by atoms with Crippen LogP contribution in [0.15, 0.2) is 33.9 Å². The van der Waals surface area contributed by atoms with Crippen LogP contribution in [0.3, 0.4) is 0 Å². The molecule has 0 amide bonds. The number of carbonyl (C=O) groups excluding carboxylic acids is 1. The molecule has 1 aromatic carbocycles. The summed E-state index contributed by atoms with van der Waals surface area (Å²) in [5, 5.41) is 3.85. The van der Waals surface area contributed by atoms with Crippen molar-refractivity contribution in [2.75, 3.05) is 0 Å². The van der Waals surface area contributed by atoms with Crippen molar-refractivity contribution in [1.29, 1.82) is 0 Å². The van der Waals surface area contributed by atoms with E-state index in [9.17, 15) is 4.79 Å². The SMILES string of the molecule is CC(=NOC(=O)c1ccc(Br)cc1)C(C)(C)C. The molecule has 0 heterocycles. The summed E-state index contributed by atoms with van der Waals surface area (Å²) in [6.07, 6.45) is 0. The van der Waals surface area contributed by atoms with Gasteiger partial charge in [0.1, 0.15) is 0 Å². The van der Waals surface area contributed by atoms with Crippen LogP contribution < -0.4 is 0 Å². The van der Waals surface area contributed by atoms with Gasteiger partial charge in [0, 0.05) is 9.89 Å². The van der Waals surface area contributed by atoms with Crippen LogP contribution in [0.2, 0.25) is 0 Å². The van der Waals surface area contributed by atoms with Crippen LogP contribution in [0.25, 0.3) is 0 Å². The van der Waals surface area contributed by atoms with Crippen molar-refractivity contribution in [3.8, 4) is 0 Å². The number of rotatable bonds is 2. The summed E-state index contributed by atoms with van der Waals surface area (Å²) < 4.78 is 0.920. The molecule has 0 aliphatic rings. The van der Waals surface area contributed by atoms with Crippen molar-refractivity contribution in [3.05, 3.63) is 34.3 Å². The quantitative estimate of drug-likeness (QED) is 0.470. The van der Waals surface area contributed by atoms with Crippen LogP contribution in [0.4, 0.5) is 0 Å². The van der Waals surface area contributed by atoms with Crippen LogP contribution in [0, 0.1) is 5.41 Å². The minimum absolute atomic E-state index is 0.0972. The Labute approximate surface area is 110 Å². The summed E-state index contributed by atoms with van der Waals surface area (Å²) in [6.45, 7) is 7.88. The molecule has 0 unspecified atom stereocenters. The van der Waals surface area contributed by atoms with Crippen LogP contribution in [0.5, 0.6) is 0 Å².